The maximum atomic E-state index is 11.3. The van der Waals surface area contributed by atoms with E-state index < -0.39 is 0 Å². The van der Waals surface area contributed by atoms with E-state index in [-0.39, 0.29) is 18.0 Å². The number of amides is 1. The van der Waals surface area contributed by atoms with Crippen LogP contribution in [0.4, 0.5) is 0 Å². The third kappa shape index (κ3) is 5.47. The van der Waals surface area contributed by atoms with Crippen molar-refractivity contribution < 1.29 is 4.79 Å². The second kappa shape index (κ2) is 6.86. The van der Waals surface area contributed by atoms with Crippen LogP contribution < -0.4 is 11.1 Å². The Morgan fingerprint density at radius 3 is 2.06 bits per heavy atom. The normalized spacial score (nSPS) is 15.8. The molecule has 0 bridgehead atoms. The van der Waals surface area contributed by atoms with E-state index in [1.807, 2.05) is 20.9 Å². The number of carbonyl (C=O) groups is 1. The van der Waals surface area contributed by atoms with Crippen molar-refractivity contribution in [2.24, 2.45) is 11.7 Å². The lowest BCUT2D eigenvalue weighted by atomic mass is 10.0. The monoisotopic (exact) mass is 229 g/mol. The van der Waals surface area contributed by atoms with Gasteiger partial charge in [-0.25, -0.2) is 0 Å². The highest BCUT2D eigenvalue weighted by atomic mass is 16.1. The molecule has 0 radical (unpaired) electrons. The molecule has 2 unspecified atom stereocenters. The van der Waals surface area contributed by atoms with Gasteiger partial charge in [0.2, 0.25) is 5.91 Å². The minimum absolute atomic E-state index is 0.264. The van der Waals surface area contributed by atoms with E-state index >= 15 is 0 Å². The summed E-state index contributed by atoms with van der Waals surface area (Å²) in [6.45, 7) is 11.2. The highest BCUT2D eigenvalue weighted by Gasteiger charge is 2.21. The van der Waals surface area contributed by atoms with Gasteiger partial charge < -0.3 is 16.0 Å². The van der Waals surface area contributed by atoms with Crippen LogP contribution in [0, 0.1) is 5.92 Å². The smallest absolute Gasteiger partial charge is 0.235 e. The number of primary amides is 1. The Kier molecular flexibility index (Phi) is 6.60. The standard InChI is InChI=1S/C12H27N3O/c1-8(2)10(5)15(6)7-11(12(13)16)14-9(3)4/h8-11,14H,7H2,1-6H3,(H2,13,16). The molecule has 0 aliphatic carbocycles. The fraction of sp³-hybridized carbons (Fsp3) is 0.917. The van der Waals surface area contributed by atoms with Gasteiger partial charge in [0.15, 0.2) is 0 Å². The minimum Gasteiger partial charge on any atom is -0.368 e. The van der Waals surface area contributed by atoms with Crippen LogP contribution in [0.5, 0.6) is 0 Å². The third-order valence-electron chi connectivity index (χ3n) is 3.01. The van der Waals surface area contributed by atoms with Gasteiger partial charge in [-0.1, -0.05) is 27.7 Å². The van der Waals surface area contributed by atoms with Crippen LogP contribution in [0.2, 0.25) is 0 Å². The molecule has 0 saturated heterocycles. The molecule has 1 amide bonds. The molecule has 4 heteroatoms. The van der Waals surface area contributed by atoms with Gasteiger partial charge in [-0.05, 0) is 19.9 Å². The van der Waals surface area contributed by atoms with Crippen LogP contribution in [0.25, 0.3) is 0 Å². The van der Waals surface area contributed by atoms with Crippen molar-refractivity contribution in [1.29, 1.82) is 0 Å². The van der Waals surface area contributed by atoms with E-state index in [0.29, 0.717) is 18.5 Å². The van der Waals surface area contributed by atoms with E-state index in [2.05, 4.69) is 31.0 Å². The van der Waals surface area contributed by atoms with E-state index in [1.165, 1.54) is 0 Å². The quantitative estimate of drug-likeness (QED) is 0.679. The number of rotatable bonds is 7. The van der Waals surface area contributed by atoms with Crippen molar-refractivity contribution in [1.82, 2.24) is 10.2 Å². The van der Waals surface area contributed by atoms with Crippen LogP contribution in [0.15, 0.2) is 0 Å². The first-order chi connectivity index (χ1) is 7.25. The van der Waals surface area contributed by atoms with Gasteiger partial charge in [0.25, 0.3) is 0 Å². The third-order valence-corrected chi connectivity index (χ3v) is 3.01. The van der Waals surface area contributed by atoms with Gasteiger partial charge in [-0.2, -0.15) is 0 Å². The van der Waals surface area contributed by atoms with E-state index in [1.54, 1.807) is 0 Å². The van der Waals surface area contributed by atoms with Gasteiger partial charge in [0.1, 0.15) is 0 Å². The fourth-order valence-electron chi connectivity index (χ4n) is 1.59. The number of hydrogen-bond donors (Lipinski definition) is 2. The summed E-state index contributed by atoms with van der Waals surface area (Å²) in [7, 11) is 2.03. The van der Waals surface area contributed by atoms with Crippen molar-refractivity contribution in [3.05, 3.63) is 0 Å². The Morgan fingerprint density at radius 1 is 1.25 bits per heavy atom. The minimum atomic E-state index is -0.281. The number of carbonyl (C=O) groups excluding carboxylic acids is 1. The maximum absolute atomic E-state index is 11.3. The molecule has 0 saturated carbocycles. The number of hydrogen-bond acceptors (Lipinski definition) is 3. The van der Waals surface area contributed by atoms with Crippen molar-refractivity contribution in [3.63, 3.8) is 0 Å². The number of nitrogens with one attached hydrogen (secondary N) is 1. The van der Waals surface area contributed by atoms with Gasteiger partial charge in [0, 0.05) is 18.6 Å². The Labute approximate surface area is 99.6 Å². The Balaban J connectivity index is 4.34. The molecule has 4 nitrogen and oxygen atoms in total. The molecular weight excluding hydrogens is 202 g/mol. The van der Waals surface area contributed by atoms with Gasteiger partial charge in [0.05, 0.1) is 6.04 Å². The number of nitrogens with zero attached hydrogens (tertiary/aromatic N) is 1. The van der Waals surface area contributed by atoms with E-state index in [9.17, 15) is 4.79 Å². The molecule has 0 aromatic heterocycles. The lowest BCUT2D eigenvalue weighted by Gasteiger charge is -2.31. The summed E-state index contributed by atoms with van der Waals surface area (Å²) in [5, 5.41) is 3.19. The second-order valence-corrected chi connectivity index (χ2v) is 5.20. The van der Waals surface area contributed by atoms with Crippen LogP contribution in [-0.2, 0) is 4.79 Å². The van der Waals surface area contributed by atoms with Crippen molar-refractivity contribution in [2.75, 3.05) is 13.6 Å². The molecule has 96 valence electrons. The summed E-state index contributed by atoms with van der Waals surface area (Å²) in [5.41, 5.74) is 5.38. The SMILES string of the molecule is CC(C)NC(CN(C)C(C)C(C)C)C(N)=O. The highest BCUT2D eigenvalue weighted by molar-refractivity contribution is 5.80. The van der Waals surface area contributed by atoms with Crippen LogP contribution in [-0.4, -0.2) is 42.5 Å². The molecule has 0 fully saturated rings. The van der Waals surface area contributed by atoms with Crippen molar-refractivity contribution in [3.8, 4) is 0 Å². The summed E-state index contributed by atoms with van der Waals surface area (Å²) >= 11 is 0. The second-order valence-electron chi connectivity index (χ2n) is 5.20. The molecule has 2 atom stereocenters. The summed E-state index contributed by atoms with van der Waals surface area (Å²) in [4.78, 5) is 13.5. The summed E-state index contributed by atoms with van der Waals surface area (Å²) < 4.78 is 0. The highest BCUT2D eigenvalue weighted by Crippen LogP contribution is 2.08. The first-order valence-electron chi connectivity index (χ1n) is 6.01. The largest absolute Gasteiger partial charge is 0.368 e. The Hall–Kier alpha value is -0.610. The lowest BCUT2D eigenvalue weighted by molar-refractivity contribution is -0.120. The molecule has 16 heavy (non-hydrogen) atoms. The summed E-state index contributed by atoms with van der Waals surface area (Å²) in [6.07, 6.45) is 0. The first kappa shape index (κ1) is 15.4. The van der Waals surface area contributed by atoms with Crippen molar-refractivity contribution >= 4 is 5.91 Å². The molecule has 0 aromatic rings. The average molecular weight is 229 g/mol. The van der Waals surface area contributed by atoms with Crippen LogP contribution in [0.3, 0.4) is 0 Å². The molecule has 0 aromatic carbocycles. The zero-order valence-corrected chi connectivity index (χ0v) is 11.4. The van der Waals surface area contributed by atoms with E-state index in [0.717, 1.165) is 0 Å². The van der Waals surface area contributed by atoms with Gasteiger partial charge >= 0.3 is 0 Å². The predicted octanol–water partition coefficient (Wildman–Crippen LogP) is 0.815. The Bertz CT molecular complexity index is 216. The topological polar surface area (TPSA) is 58.4 Å². The van der Waals surface area contributed by atoms with E-state index in [4.69, 9.17) is 5.73 Å². The predicted molar refractivity (Wildman–Crippen MR) is 68.2 cm³/mol. The molecule has 0 spiro atoms. The van der Waals surface area contributed by atoms with Crippen LogP contribution in [0.1, 0.15) is 34.6 Å². The average Bonchev–Trinajstić information content (AvgIpc) is 2.14. The zero-order valence-electron chi connectivity index (χ0n) is 11.4. The van der Waals surface area contributed by atoms with Crippen LogP contribution >= 0.6 is 0 Å². The molecule has 3 N–H and O–H groups in total. The van der Waals surface area contributed by atoms with Crippen molar-refractivity contribution in [2.45, 2.75) is 52.7 Å². The fourth-order valence-corrected chi connectivity index (χ4v) is 1.59. The molecule has 0 aliphatic rings. The zero-order chi connectivity index (χ0) is 12.9. The number of nitrogens with two attached hydrogens (primary N) is 1. The molecule has 0 heterocycles. The molecule has 0 aliphatic heterocycles. The lowest BCUT2D eigenvalue weighted by Crippen LogP contribution is -2.52. The molecule has 0 rings (SSSR count). The number of likely N-dealkylation sites (N-methyl/N-ethyl adjacent to an activating group) is 1. The first-order valence-corrected chi connectivity index (χ1v) is 6.01. The summed E-state index contributed by atoms with van der Waals surface area (Å²) in [6, 6.07) is 0.433. The maximum Gasteiger partial charge on any atom is 0.235 e. The molecular formula is C12H27N3O. The van der Waals surface area contributed by atoms with Gasteiger partial charge in [-0.15, -0.1) is 0 Å². The summed E-state index contributed by atoms with van der Waals surface area (Å²) in [5.74, 6) is 0.286. The Morgan fingerprint density at radius 2 is 1.75 bits per heavy atom. The van der Waals surface area contributed by atoms with Gasteiger partial charge in [-0.3, -0.25) is 4.79 Å².